The van der Waals surface area contributed by atoms with Gasteiger partial charge in [0.1, 0.15) is 0 Å². The second kappa shape index (κ2) is 22.3. The molecule has 0 amide bonds. The lowest BCUT2D eigenvalue weighted by molar-refractivity contribution is 1.07. The molecule has 0 saturated carbocycles. The fraction of sp³-hybridized carbons (Fsp3) is 0. The molecule has 0 aliphatic carbocycles. The summed E-state index contributed by atoms with van der Waals surface area (Å²) in [7, 11) is 0. The molecule has 0 fully saturated rings. The molecule has 0 aliphatic rings. The Morgan fingerprint density at radius 1 is 0.244 bits per heavy atom. The van der Waals surface area contributed by atoms with E-state index in [0.717, 1.165) is 116 Å². The number of nitrogens with zero attached hydrogens (tertiary/aromatic N) is 10. The first-order valence-corrected chi connectivity index (χ1v) is 29.1. The second-order valence-corrected chi connectivity index (χ2v) is 22.0. The zero-order valence-electron chi connectivity index (χ0n) is 47.9. The Hall–Kier alpha value is -13.3. The van der Waals surface area contributed by atoms with Gasteiger partial charge in [-0.1, -0.05) is 133 Å². The van der Waals surface area contributed by atoms with Crippen molar-refractivity contribution < 1.29 is 0 Å². The molecule has 15 aromatic rings. The molecule has 414 valence electrons. The molecular formula is C80H44N10. The summed E-state index contributed by atoms with van der Waals surface area (Å²) in [6, 6.07) is 99.7. The Morgan fingerprint density at radius 2 is 0.589 bits per heavy atom. The average molecular weight is 1150 g/mol. The quantitative estimate of drug-likeness (QED) is 0.130. The van der Waals surface area contributed by atoms with E-state index >= 15 is 0 Å². The third-order valence-electron chi connectivity index (χ3n) is 16.7. The summed E-state index contributed by atoms with van der Waals surface area (Å²) in [6.45, 7) is 0. The van der Waals surface area contributed by atoms with Gasteiger partial charge in [0.15, 0.2) is 17.5 Å². The Labute approximate surface area is 517 Å². The van der Waals surface area contributed by atoms with Gasteiger partial charge in [0.25, 0.3) is 0 Å². The van der Waals surface area contributed by atoms with Crippen molar-refractivity contribution in [3.05, 3.63) is 295 Å². The monoisotopic (exact) mass is 1140 g/mol. The van der Waals surface area contributed by atoms with E-state index in [1.807, 2.05) is 152 Å². The molecule has 90 heavy (non-hydrogen) atoms. The molecule has 0 saturated heterocycles. The van der Waals surface area contributed by atoms with Crippen LogP contribution in [0.1, 0.15) is 27.8 Å². The summed E-state index contributed by atoms with van der Waals surface area (Å²) in [5, 5.41) is 55.1. The zero-order valence-corrected chi connectivity index (χ0v) is 47.9. The van der Waals surface area contributed by atoms with Crippen molar-refractivity contribution in [2.75, 3.05) is 0 Å². The van der Waals surface area contributed by atoms with Gasteiger partial charge in [-0.05, 0) is 178 Å². The number of hydrogen-bond acceptors (Lipinski definition) is 8. The molecule has 0 aliphatic heterocycles. The van der Waals surface area contributed by atoms with Crippen LogP contribution in [-0.4, -0.2) is 24.1 Å². The van der Waals surface area contributed by atoms with Crippen LogP contribution in [0, 0.1) is 56.7 Å². The van der Waals surface area contributed by atoms with Gasteiger partial charge in [-0.3, -0.25) is 0 Å². The first-order valence-electron chi connectivity index (χ1n) is 29.1. The van der Waals surface area contributed by atoms with Crippen molar-refractivity contribution in [1.82, 2.24) is 24.1 Å². The van der Waals surface area contributed by atoms with Crippen molar-refractivity contribution >= 4 is 43.6 Å². The van der Waals surface area contributed by atoms with Crippen LogP contribution >= 0.6 is 0 Å². The molecule has 0 N–H and O–H groups in total. The van der Waals surface area contributed by atoms with E-state index in [1.54, 1.807) is 24.3 Å². The van der Waals surface area contributed by atoms with Gasteiger partial charge in [0.05, 0.1) is 85.9 Å². The molecule has 3 aromatic heterocycles. The van der Waals surface area contributed by atoms with E-state index in [2.05, 4.69) is 130 Å². The normalized spacial score (nSPS) is 11.1. The van der Waals surface area contributed by atoms with Gasteiger partial charge in [-0.25, -0.2) is 15.0 Å². The molecule has 3 heterocycles. The lowest BCUT2D eigenvalue weighted by atomic mass is 9.95. The number of aromatic nitrogens is 5. The van der Waals surface area contributed by atoms with Crippen LogP contribution < -0.4 is 0 Å². The van der Waals surface area contributed by atoms with Crippen LogP contribution in [0.2, 0.25) is 0 Å². The maximum Gasteiger partial charge on any atom is 0.164 e. The summed E-state index contributed by atoms with van der Waals surface area (Å²) in [4.78, 5) is 15.4. The Bertz CT molecular complexity index is 5400. The van der Waals surface area contributed by atoms with E-state index in [4.69, 9.17) is 15.0 Å². The Kier molecular flexibility index (Phi) is 13.2. The highest BCUT2D eigenvalue weighted by molar-refractivity contribution is 6.14. The summed E-state index contributed by atoms with van der Waals surface area (Å²) in [5.41, 5.74) is 19.0. The maximum atomic E-state index is 11.4. The second-order valence-electron chi connectivity index (χ2n) is 22.0. The van der Waals surface area contributed by atoms with Gasteiger partial charge in [0.2, 0.25) is 0 Å². The van der Waals surface area contributed by atoms with Crippen LogP contribution in [0.15, 0.2) is 267 Å². The van der Waals surface area contributed by atoms with E-state index in [-0.39, 0.29) is 0 Å². The molecule has 0 atom stereocenters. The molecule has 0 spiro atoms. The summed E-state index contributed by atoms with van der Waals surface area (Å²) in [6.07, 6.45) is 0. The molecule has 12 aromatic carbocycles. The third-order valence-corrected chi connectivity index (χ3v) is 16.7. The average Bonchev–Trinajstić information content (AvgIpc) is 1.62. The lowest BCUT2D eigenvalue weighted by Gasteiger charge is -2.18. The molecule has 0 radical (unpaired) electrons. The minimum atomic E-state index is 0.433. The molecular weight excluding hydrogens is 1100 g/mol. The Balaban J connectivity index is 1.01. The largest absolute Gasteiger partial charge is 0.309 e. The lowest BCUT2D eigenvalue weighted by Crippen LogP contribution is -2.03. The van der Waals surface area contributed by atoms with Crippen molar-refractivity contribution in [3.8, 4) is 132 Å². The first kappa shape index (κ1) is 53.4. The predicted octanol–water partition coefficient (Wildman–Crippen LogP) is 18.8. The highest BCUT2D eigenvalue weighted by atomic mass is 15.0. The van der Waals surface area contributed by atoms with Crippen molar-refractivity contribution in [1.29, 1.82) is 26.3 Å². The fourth-order valence-corrected chi connectivity index (χ4v) is 12.4. The molecule has 10 heteroatoms. The highest BCUT2D eigenvalue weighted by Crippen LogP contribution is 2.44. The number of fused-ring (bicyclic) bond motifs is 6. The van der Waals surface area contributed by atoms with Crippen molar-refractivity contribution in [3.63, 3.8) is 0 Å². The summed E-state index contributed by atoms with van der Waals surface area (Å²) >= 11 is 0. The van der Waals surface area contributed by atoms with Crippen LogP contribution in [0.25, 0.3) is 145 Å². The summed E-state index contributed by atoms with van der Waals surface area (Å²) < 4.78 is 4.49. The van der Waals surface area contributed by atoms with Crippen molar-refractivity contribution in [2.24, 2.45) is 0 Å². The SMILES string of the molecule is N#Cc1cccc(-c2ccc3c(c2)c2cc(-c4cccc(C#N)c4)ccc2n3-c2ccc(C#N)c(-c3cc(-c4nc(-c5ccccc5)nc(-c5ccccc5)n4)ccc3-n3c4ccc(-c5cccc(C#N)c5)cc4c4cc(-c5cccc(C#N)c5)ccc43)c2)c1. The van der Waals surface area contributed by atoms with E-state index in [1.165, 1.54) is 0 Å². The fourth-order valence-electron chi connectivity index (χ4n) is 12.4. The van der Waals surface area contributed by atoms with Crippen LogP contribution in [0.5, 0.6) is 0 Å². The van der Waals surface area contributed by atoms with E-state index in [9.17, 15) is 26.3 Å². The number of rotatable bonds is 10. The molecule has 0 bridgehead atoms. The van der Waals surface area contributed by atoms with E-state index < -0.39 is 0 Å². The topological polar surface area (TPSA) is 167 Å². The standard InChI is InChI=1S/C80H44N10/c81-45-50-11-7-19-56(35-50)60-24-30-73-69(39-60)70-40-61(57-20-8-12-51(36-57)46-82)25-31-74(70)89(73)66-29-23-65(49-85)67(44-66)68-43-64(80-87-78(54-15-3-1-4-16-54)86-79(88-80)55-17-5-2-6-18-55)28-34-75(68)90-76-32-26-62(58-21-9-13-52(37-58)47-83)41-71(76)72-42-63(27-33-77(72)90)59-22-10-14-53(38-59)48-84/h1-44H. The van der Waals surface area contributed by atoms with Gasteiger partial charge in [-0.15, -0.1) is 0 Å². The molecule has 15 rings (SSSR count). The predicted molar refractivity (Wildman–Crippen MR) is 356 cm³/mol. The van der Waals surface area contributed by atoms with E-state index in [0.29, 0.717) is 56.4 Å². The first-order chi connectivity index (χ1) is 44.3. The minimum absolute atomic E-state index is 0.433. The van der Waals surface area contributed by atoms with Crippen LogP contribution in [0.3, 0.4) is 0 Å². The van der Waals surface area contributed by atoms with Gasteiger partial charge in [-0.2, -0.15) is 26.3 Å². The highest BCUT2D eigenvalue weighted by Gasteiger charge is 2.24. The summed E-state index contributed by atoms with van der Waals surface area (Å²) in [5.74, 6) is 1.45. The van der Waals surface area contributed by atoms with Gasteiger partial charge in [0, 0.05) is 55.0 Å². The molecule has 0 unspecified atom stereocenters. The van der Waals surface area contributed by atoms with Gasteiger partial charge < -0.3 is 9.13 Å². The van der Waals surface area contributed by atoms with Crippen LogP contribution in [0.4, 0.5) is 0 Å². The van der Waals surface area contributed by atoms with Crippen LogP contribution in [-0.2, 0) is 0 Å². The number of benzene rings is 12. The van der Waals surface area contributed by atoms with Gasteiger partial charge >= 0.3 is 0 Å². The maximum absolute atomic E-state index is 11.4. The number of hydrogen-bond donors (Lipinski definition) is 0. The number of nitriles is 5. The van der Waals surface area contributed by atoms with Crippen molar-refractivity contribution in [2.45, 2.75) is 0 Å². The Morgan fingerprint density at radius 3 is 0.967 bits per heavy atom. The minimum Gasteiger partial charge on any atom is -0.309 e. The third kappa shape index (κ3) is 9.50. The molecule has 10 nitrogen and oxygen atoms in total. The zero-order chi connectivity index (χ0) is 60.8. The smallest absolute Gasteiger partial charge is 0.164 e.